The van der Waals surface area contributed by atoms with Crippen LogP contribution in [0.3, 0.4) is 0 Å². The minimum atomic E-state index is -0.188. The van der Waals surface area contributed by atoms with Crippen molar-refractivity contribution in [2.45, 2.75) is 38.6 Å². The maximum absolute atomic E-state index is 12.3. The molecule has 2 amide bonds. The number of nitrogens with zero attached hydrogens (tertiary/aromatic N) is 5. The van der Waals surface area contributed by atoms with Crippen molar-refractivity contribution in [2.24, 2.45) is 0 Å². The van der Waals surface area contributed by atoms with Gasteiger partial charge in [-0.05, 0) is 37.8 Å². The number of hydrogen-bond acceptors (Lipinski definition) is 5. The fourth-order valence-electron chi connectivity index (χ4n) is 3.65. The number of amides is 2. The second-order valence-electron chi connectivity index (χ2n) is 6.98. The molecule has 2 N–H and O–H groups in total. The van der Waals surface area contributed by atoms with Gasteiger partial charge in [-0.15, -0.1) is 0 Å². The van der Waals surface area contributed by atoms with E-state index in [2.05, 4.69) is 43.6 Å². The lowest BCUT2D eigenvalue weighted by Gasteiger charge is -2.37. The van der Waals surface area contributed by atoms with E-state index in [-0.39, 0.29) is 12.1 Å². The maximum Gasteiger partial charge on any atom is 0.319 e. The van der Waals surface area contributed by atoms with Crippen molar-refractivity contribution in [1.29, 1.82) is 0 Å². The Morgan fingerprint density at radius 1 is 1.25 bits per heavy atom. The summed E-state index contributed by atoms with van der Waals surface area (Å²) < 4.78 is 1.79. The number of carbonyl (C=O) groups is 1. The molecule has 1 aromatic carbocycles. The number of nitrogens with one attached hydrogen (secondary N) is 2. The summed E-state index contributed by atoms with van der Waals surface area (Å²) in [5.74, 6) is 1.61. The monoisotopic (exact) mass is 379 g/mol. The van der Waals surface area contributed by atoms with E-state index in [1.807, 2.05) is 30.3 Å². The van der Waals surface area contributed by atoms with Crippen LogP contribution in [0.15, 0.2) is 42.7 Å². The van der Waals surface area contributed by atoms with Gasteiger partial charge in [-0.1, -0.05) is 25.1 Å². The van der Waals surface area contributed by atoms with Gasteiger partial charge in [0.25, 0.3) is 5.78 Å². The zero-order chi connectivity index (χ0) is 19.3. The van der Waals surface area contributed by atoms with E-state index in [9.17, 15) is 4.79 Å². The number of urea groups is 1. The van der Waals surface area contributed by atoms with E-state index in [4.69, 9.17) is 0 Å². The van der Waals surface area contributed by atoms with Gasteiger partial charge in [0.15, 0.2) is 0 Å². The molecule has 3 aromatic rings. The first kappa shape index (κ1) is 18.2. The molecular weight excluding hydrogens is 354 g/mol. The Labute approximate surface area is 164 Å². The van der Waals surface area contributed by atoms with E-state index in [1.165, 1.54) is 6.33 Å². The number of rotatable bonds is 5. The van der Waals surface area contributed by atoms with E-state index >= 15 is 0 Å². The van der Waals surface area contributed by atoms with Crippen LogP contribution in [0.25, 0.3) is 5.78 Å². The van der Waals surface area contributed by atoms with E-state index in [0.29, 0.717) is 12.3 Å². The number of hydrogen-bond donors (Lipinski definition) is 2. The molecule has 1 unspecified atom stereocenters. The van der Waals surface area contributed by atoms with Gasteiger partial charge in [0.2, 0.25) is 0 Å². The number of para-hydroxylation sites is 1. The van der Waals surface area contributed by atoms with Gasteiger partial charge in [0, 0.05) is 36.6 Å². The normalized spacial score (nSPS) is 16.9. The number of anilines is 2. The number of piperidine rings is 1. The maximum atomic E-state index is 12.3. The van der Waals surface area contributed by atoms with Gasteiger partial charge in [-0.25, -0.2) is 9.78 Å². The van der Waals surface area contributed by atoms with Crippen LogP contribution in [-0.2, 0) is 6.42 Å². The number of aryl methyl sites for hydroxylation is 1. The Balaban J connectivity index is 1.49. The van der Waals surface area contributed by atoms with Gasteiger partial charge in [-0.2, -0.15) is 14.6 Å². The molecule has 0 aliphatic carbocycles. The van der Waals surface area contributed by atoms with Crippen LogP contribution >= 0.6 is 0 Å². The van der Waals surface area contributed by atoms with E-state index in [1.54, 1.807) is 4.52 Å². The largest absolute Gasteiger partial charge is 0.352 e. The molecule has 0 bridgehead atoms. The van der Waals surface area contributed by atoms with Crippen LogP contribution in [0.4, 0.5) is 16.3 Å². The molecule has 1 saturated heterocycles. The van der Waals surface area contributed by atoms with Crippen molar-refractivity contribution in [3.63, 3.8) is 0 Å². The molecule has 1 aliphatic heterocycles. The van der Waals surface area contributed by atoms with Crippen LogP contribution in [0.2, 0.25) is 0 Å². The molecule has 4 rings (SSSR count). The Kier molecular flexibility index (Phi) is 5.36. The molecule has 0 radical (unpaired) electrons. The highest BCUT2D eigenvalue weighted by Gasteiger charge is 2.26. The first-order valence-corrected chi connectivity index (χ1v) is 9.81. The Morgan fingerprint density at radius 2 is 2.11 bits per heavy atom. The summed E-state index contributed by atoms with van der Waals surface area (Å²) in [5, 5.41) is 10.2. The highest BCUT2D eigenvalue weighted by Crippen LogP contribution is 2.25. The van der Waals surface area contributed by atoms with Crippen LogP contribution in [0, 0.1) is 0 Å². The first-order chi connectivity index (χ1) is 13.7. The molecule has 1 fully saturated rings. The first-order valence-electron chi connectivity index (χ1n) is 9.81. The highest BCUT2D eigenvalue weighted by molar-refractivity contribution is 5.89. The van der Waals surface area contributed by atoms with Crippen LogP contribution in [0.1, 0.15) is 31.9 Å². The molecule has 8 nitrogen and oxygen atoms in total. The number of fused-ring (bicyclic) bond motifs is 1. The van der Waals surface area contributed by atoms with Crippen LogP contribution < -0.4 is 15.5 Å². The molecule has 28 heavy (non-hydrogen) atoms. The summed E-state index contributed by atoms with van der Waals surface area (Å²) in [6.45, 7) is 3.58. The zero-order valence-electron chi connectivity index (χ0n) is 16.0. The third-order valence-corrected chi connectivity index (χ3v) is 5.10. The lowest BCUT2D eigenvalue weighted by molar-refractivity contribution is 0.250. The lowest BCUT2D eigenvalue weighted by atomic mass is 10.0. The van der Waals surface area contributed by atoms with E-state index < -0.39 is 0 Å². The quantitative estimate of drug-likeness (QED) is 0.712. The van der Waals surface area contributed by atoms with Gasteiger partial charge in [0.05, 0.1) is 0 Å². The van der Waals surface area contributed by atoms with E-state index in [0.717, 1.165) is 49.4 Å². The summed E-state index contributed by atoms with van der Waals surface area (Å²) in [6, 6.07) is 11.6. The Hall–Kier alpha value is -3.16. The average molecular weight is 379 g/mol. The molecule has 0 spiro atoms. The summed E-state index contributed by atoms with van der Waals surface area (Å²) in [7, 11) is 0. The number of benzene rings is 1. The van der Waals surface area contributed by atoms with Crippen molar-refractivity contribution in [3.05, 3.63) is 48.4 Å². The van der Waals surface area contributed by atoms with Gasteiger partial charge in [-0.3, -0.25) is 0 Å². The third kappa shape index (κ3) is 3.90. The van der Waals surface area contributed by atoms with Gasteiger partial charge in [0.1, 0.15) is 12.1 Å². The molecule has 146 valence electrons. The van der Waals surface area contributed by atoms with Gasteiger partial charge < -0.3 is 15.5 Å². The van der Waals surface area contributed by atoms with Crippen molar-refractivity contribution >= 4 is 23.3 Å². The summed E-state index contributed by atoms with van der Waals surface area (Å²) in [6.07, 6.45) is 5.66. The lowest BCUT2D eigenvalue weighted by Crippen LogP contribution is -2.48. The minimum absolute atomic E-state index is 0.188. The van der Waals surface area contributed by atoms with Crippen LogP contribution in [0.5, 0.6) is 0 Å². The highest BCUT2D eigenvalue weighted by atomic mass is 16.2. The summed E-state index contributed by atoms with van der Waals surface area (Å²) >= 11 is 0. The predicted octanol–water partition coefficient (Wildman–Crippen LogP) is 2.87. The number of aromatic nitrogens is 4. The fourth-order valence-corrected chi connectivity index (χ4v) is 3.65. The smallest absolute Gasteiger partial charge is 0.319 e. The van der Waals surface area contributed by atoms with Crippen molar-refractivity contribution in [1.82, 2.24) is 24.9 Å². The average Bonchev–Trinajstić information content (AvgIpc) is 3.21. The standard InChI is InChI=1S/C20H25N7O/c1-2-15-12-18(27-19(24-15)22-14-23-27)26-11-7-6-10-17(26)13-21-20(28)25-16-8-4-3-5-9-16/h3-5,8-9,12,14,17H,2,6-7,10-11,13H2,1H3,(H2,21,25,28). The topological polar surface area (TPSA) is 87.5 Å². The van der Waals surface area contributed by atoms with Crippen molar-refractivity contribution in [2.75, 3.05) is 23.3 Å². The molecule has 3 heterocycles. The second kappa shape index (κ2) is 8.24. The summed E-state index contributed by atoms with van der Waals surface area (Å²) in [5.41, 5.74) is 1.78. The van der Waals surface area contributed by atoms with Gasteiger partial charge >= 0.3 is 6.03 Å². The fraction of sp³-hybridized carbons (Fsp3) is 0.400. The third-order valence-electron chi connectivity index (χ3n) is 5.10. The molecular formula is C20H25N7O. The molecule has 1 atom stereocenters. The Morgan fingerprint density at radius 3 is 2.93 bits per heavy atom. The molecule has 2 aromatic heterocycles. The number of carbonyl (C=O) groups excluding carboxylic acids is 1. The predicted molar refractivity (Wildman–Crippen MR) is 109 cm³/mol. The molecule has 1 aliphatic rings. The minimum Gasteiger partial charge on any atom is -0.352 e. The summed E-state index contributed by atoms with van der Waals surface area (Å²) in [4.78, 5) is 23.4. The second-order valence-corrected chi connectivity index (χ2v) is 6.98. The molecule has 8 heteroatoms. The SMILES string of the molecule is CCc1cc(N2CCCCC2CNC(=O)Nc2ccccc2)n2ncnc2n1. The zero-order valence-corrected chi connectivity index (χ0v) is 16.0. The Bertz CT molecular complexity index is 940. The van der Waals surface area contributed by atoms with Crippen LogP contribution in [-0.4, -0.2) is 44.7 Å². The van der Waals surface area contributed by atoms with Crippen molar-refractivity contribution < 1.29 is 4.79 Å². The van der Waals surface area contributed by atoms with Crippen molar-refractivity contribution in [3.8, 4) is 0 Å². The molecule has 0 saturated carbocycles.